The predicted octanol–water partition coefficient (Wildman–Crippen LogP) is 2.74. The molecular formula is C17H25BO4. The Hall–Kier alpha value is -1.33. The standard InChI is InChI=1S/C17H25BO4/c1-7-17(6,14(19)20)12-9-8-10-13(11-12)18-21-15(2,3)16(4,5)22-18/h8-11H,7H2,1-6H3,(H,19,20). The second kappa shape index (κ2) is 5.39. The molecule has 0 spiro atoms. The van der Waals surface area contributed by atoms with Gasteiger partial charge in [-0.15, -0.1) is 0 Å². The number of hydrogen-bond donors (Lipinski definition) is 1. The Balaban J connectivity index is 2.37. The summed E-state index contributed by atoms with van der Waals surface area (Å²) in [6.07, 6.45) is 0.523. The Bertz CT molecular complexity index is 566. The molecular weight excluding hydrogens is 279 g/mol. The van der Waals surface area contributed by atoms with Gasteiger partial charge in [-0.2, -0.15) is 0 Å². The number of benzene rings is 1. The molecule has 0 aliphatic carbocycles. The smallest absolute Gasteiger partial charge is 0.481 e. The Morgan fingerprint density at radius 2 is 1.77 bits per heavy atom. The van der Waals surface area contributed by atoms with Crippen molar-refractivity contribution in [2.75, 3.05) is 0 Å². The van der Waals surface area contributed by atoms with Crippen molar-refractivity contribution >= 4 is 18.6 Å². The fraction of sp³-hybridized carbons (Fsp3) is 0.588. The highest BCUT2D eigenvalue weighted by molar-refractivity contribution is 6.62. The van der Waals surface area contributed by atoms with Gasteiger partial charge in [0.05, 0.1) is 16.6 Å². The van der Waals surface area contributed by atoms with Crippen molar-refractivity contribution < 1.29 is 19.2 Å². The Labute approximate surface area is 133 Å². The van der Waals surface area contributed by atoms with Gasteiger partial charge in [-0.25, -0.2) is 0 Å². The summed E-state index contributed by atoms with van der Waals surface area (Å²) in [6, 6.07) is 7.53. The van der Waals surface area contributed by atoms with E-state index in [1.165, 1.54) is 0 Å². The third-order valence-corrected chi connectivity index (χ3v) is 5.23. The summed E-state index contributed by atoms with van der Waals surface area (Å²) in [5.41, 5.74) is -0.0883. The zero-order chi connectivity index (χ0) is 16.8. The lowest BCUT2D eigenvalue weighted by molar-refractivity contribution is -0.143. The van der Waals surface area contributed by atoms with E-state index < -0.39 is 29.7 Å². The van der Waals surface area contributed by atoms with Gasteiger partial charge in [0, 0.05) is 0 Å². The number of rotatable bonds is 4. The predicted molar refractivity (Wildman–Crippen MR) is 87.4 cm³/mol. The minimum Gasteiger partial charge on any atom is -0.481 e. The van der Waals surface area contributed by atoms with Gasteiger partial charge in [0.2, 0.25) is 0 Å². The maximum atomic E-state index is 11.6. The monoisotopic (exact) mass is 304 g/mol. The van der Waals surface area contributed by atoms with Crippen LogP contribution in [0.4, 0.5) is 0 Å². The minimum absolute atomic E-state index is 0.408. The summed E-state index contributed by atoms with van der Waals surface area (Å²) in [7, 11) is -0.472. The van der Waals surface area contributed by atoms with Gasteiger partial charge in [0.1, 0.15) is 0 Å². The molecule has 1 fully saturated rings. The van der Waals surface area contributed by atoms with E-state index >= 15 is 0 Å². The molecule has 1 aromatic carbocycles. The lowest BCUT2D eigenvalue weighted by Gasteiger charge is -2.32. The van der Waals surface area contributed by atoms with Crippen LogP contribution in [0, 0.1) is 0 Å². The molecule has 0 amide bonds. The van der Waals surface area contributed by atoms with Crippen LogP contribution in [0.15, 0.2) is 24.3 Å². The fourth-order valence-corrected chi connectivity index (χ4v) is 2.49. The molecule has 1 unspecified atom stereocenters. The summed E-state index contributed by atoms with van der Waals surface area (Å²) in [5, 5.41) is 9.55. The second-order valence-electron chi connectivity index (χ2n) is 7.20. The van der Waals surface area contributed by atoms with Crippen LogP contribution < -0.4 is 5.46 Å². The van der Waals surface area contributed by atoms with Crippen molar-refractivity contribution in [2.24, 2.45) is 0 Å². The largest absolute Gasteiger partial charge is 0.494 e. The number of hydrogen-bond acceptors (Lipinski definition) is 3. The van der Waals surface area contributed by atoms with Gasteiger partial charge >= 0.3 is 13.1 Å². The molecule has 5 heteroatoms. The first-order valence-corrected chi connectivity index (χ1v) is 7.73. The van der Waals surface area contributed by atoms with Crippen molar-refractivity contribution in [2.45, 2.75) is 64.6 Å². The molecule has 120 valence electrons. The first-order chi connectivity index (χ1) is 10.0. The molecule has 0 saturated carbocycles. The zero-order valence-corrected chi connectivity index (χ0v) is 14.3. The molecule has 1 aliphatic rings. The van der Waals surface area contributed by atoms with Gasteiger partial charge in [0.25, 0.3) is 0 Å². The van der Waals surface area contributed by atoms with Gasteiger partial charge < -0.3 is 14.4 Å². The summed E-state index contributed by atoms with van der Waals surface area (Å²) in [5.74, 6) is -0.818. The molecule has 1 saturated heterocycles. The summed E-state index contributed by atoms with van der Waals surface area (Å²) >= 11 is 0. The highest BCUT2D eigenvalue weighted by Crippen LogP contribution is 2.37. The molecule has 0 radical (unpaired) electrons. The second-order valence-corrected chi connectivity index (χ2v) is 7.20. The topological polar surface area (TPSA) is 55.8 Å². The van der Waals surface area contributed by atoms with E-state index in [0.717, 1.165) is 11.0 Å². The van der Waals surface area contributed by atoms with Crippen molar-refractivity contribution in [3.63, 3.8) is 0 Å². The van der Waals surface area contributed by atoms with Crippen LogP contribution in [0.1, 0.15) is 53.5 Å². The maximum absolute atomic E-state index is 11.6. The highest BCUT2D eigenvalue weighted by atomic mass is 16.7. The minimum atomic E-state index is -0.903. The first kappa shape index (κ1) is 17.0. The zero-order valence-electron chi connectivity index (χ0n) is 14.3. The van der Waals surface area contributed by atoms with Crippen molar-refractivity contribution in [1.29, 1.82) is 0 Å². The molecule has 2 rings (SSSR count). The van der Waals surface area contributed by atoms with Gasteiger partial charge in [-0.05, 0) is 52.1 Å². The van der Waals surface area contributed by atoms with Crippen LogP contribution in [0.25, 0.3) is 0 Å². The summed E-state index contributed by atoms with van der Waals surface area (Å²) < 4.78 is 12.1. The van der Waals surface area contributed by atoms with E-state index in [2.05, 4.69) is 0 Å². The molecule has 1 aliphatic heterocycles. The third kappa shape index (κ3) is 2.68. The molecule has 4 nitrogen and oxygen atoms in total. The van der Waals surface area contributed by atoms with E-state index in [9.17, 15) is 9.90 Å². The average Bonchev–Trinajstić information content (AvgIpc) is 2.66. The van der Waals surface area contributed by atoms with Crippen molar-refractivity contribution in [3.8, 4) is 0 Å². The van der Waals surface area contributed by atoms with Gasteiger partial charge in [-0.3, -0.25) is 4.79 Å². The number of carboxylic acid groups (broad SMARTS) is 1. The summed E-state index contributed by atoms with van der Waals surface area (Å²) in [4.78, 5) is 11.6. The quantitative estimate of drug-likeness (QED) is 0.869. The van der Waals surface area contributed by atoms with Crippen LogP contribution in [0.5, 0.6) is 0 Å². The fourth-order valence-electron chi connectivity index (χ4n) is 2.49. The molecule has 1 aromatic rings. The van der Waals surface area contributed by atoms with Crippen LogP contribution in [-0.2, 0) is 19.5 Å². The lowest BCUT2D eigenvalue weighted by atomic mass is 9.73. The molecule has 1 N–H and O–H groups in total. The summed E-state index contributed by atoms with van der Waals surface area (Å²) in [6.45, 7) is 11.7. The SMILES string of the molecule is CCC(C)(C(=O)O)c1cccc(B2OC(C)(C)C(C)(C)O2)c1. The maximum Gasteiger partial charge on any atom is 0.494 e. The number of carbonyl (C=O) groups is 1. The van der Waals surface area contributed by atoms with E-state index in [1.54, 1.807) is 6.92 Å². The van der Waals surface area contributed by atoms with E-state index in [4.69, 9.17) is 9.31 Å². The van der Waals surface area contributed by atoms with Crippen LogP contribution in [0.3, 0.4) is 0 Å². The van der Waals surface area contributed by atoms with E-state index in [1.807, 2.05) is 58.9 Å². The lowest BCUT2D eigenvalue weighted by Crippen LogP contribution is -2.41. The van der Waals surface area contributed by atoms with Crippen LogP contribution in [-0.4, -0.2) is 29.4 Å². The van der Waals surface area contributed by atoms with Crippen LogP contribution >= 0.6 is 0 Å². The third-order valence-electron chi connectivity index (χ3n) is 5.23. The number of carboxylic acids is 1. The normalized spacial score (nSPS) is 22.4. The molecule has 22 heavy (non-hydrogen) atoms. The van der Waals surface area contributed by atoms with E-state index in [-0.39, 0.29) is 0 Å². The molecule has 0 bridgehead atoms. The molecule has 0 aromatic heterocycles. The van der Waals surface area contributed by atoms with Crippen LogP contribution in [0.2, 0.25) is 0 Å². The highest BCUT2D eigenvalue weighted by Gasteiger charge is 2.51. The Morgan fingerprint density at radius 3 is 2.23 bits per heavy atom. The first-order valence-electron chi connectivity index (χ1n) is 7.73. The molecule has 1 heterocycles. The number of aliphatic carboxylic acids is 1. The van der Waals surface area contributed by atoms with Crippen molar-refractivity contribution in [3.05, 3.63) is 29.8 Å². The van der Waals surface area contributed by atoms with E-state index in [0.29, 0.717) is 6.42 Å². The van der Waals surface area contributed by atoms with Gasteiger partial charge in [0.15, 0.2) is 0 Å². The average molecular weight is 304 g/mol. The molecule has 1 atom stereocenters. The Kier molecular flexibility index (Phi) is 4.17. The van der Waals surface area contributed by atoms with Gasteiger partial charge in [-0.1, -0.05) is 31.2 Å². The van der Waals surface area contributed by atoms with Crippen molar-refractivity contribution in [1.82, 2.24) is 0 Å². The Morgan fingerprint density at radius 1 is 1.23 bits per heavy atom.